The zero-order chi connectivity index (χ0) is 12.3. The first-order valence-corrected chi connectivity index (χ1v) is 5.67. The van der Waals surface area contributed by atoms with E-state index >= 15 is 0 Å². The van der Waals surface area contributed by atoms with E-state index in [-0.39, 0.29) is 23.1 Å². The molecule has 1 unspecified atom stereocenters. The molecule has 0 aliphatic heterocycles. The van der Waals surface area contributed by atoms with E-state index in [1.54, 1.807) is 4.90 Å². The van der Waals surface area contributed by atoms with Gasteiger partial charge >= 0.3 is 0 Å². The monoisotopic (exact) mass is 227 g/mol. The minimum atomic E-state index is 0.153. The predicted molar refractivity (Wildman–Crippen MR) is 62.2 cm³/mol. The zero-order valence-corrected chi connectivity index (χ0v) is 10.2. The number of carbonyl (C=O) groups excluding carboxylic acids is 1. The first kappa shape index (κ1) is 12.8. The molecule has 1 aliphatic carbocycles. The molecule has 1 amide bonds. The molecule has 0 aromatic heterocycles. The Hall–Kier alpha value is -1.26. The van der Waals surface area contributed by atoms with Crippen molar-refractivity contribution in [1.29, 1.82) is 0 Å². The summed E-state index contributed by atoms with van der Waals surface area (Å²) in [4.78, 5) is 13.8. The second-order valence-electron chi connectivity index (χ2n) is 5.00. The van der Waals surface area contributed by atoms with E-state index in [1.807, 2.05) is 6.92 Å². The normalized spacial score (nSPS) is 22.9. The molecule has 0 aromatic rings. The van der Waals surface area contributed by atoms with E-state index in [0.29, 0.717) is 19.5 Å². The van der Waals surface area contributed by atoms with Crippen molar-refractivity contribution in [1.82, 2.24) is 4.90 Å². The molecule has 1 rings (SSSR count). The van der Waals surface area contributed by atoms with Gasteiger partial charge in [0.05, 0.1) is 0 Å². The van der Waals surface area contributed by atoms with Gasteiger partial charge in [-0.05, 0) is 18.8 Å². The van der Waals surface area contributed by atoms with Gasteiger partial charge < -0.3 is 15.8 Å². The average molecular weight is 227 g/mol. The lowest BCUT2D eigenvalue weighted by Crippen LogP contribution is -2.35. The van der Waals surface area contributed by atoms with Crippen LogP contribution < -0.4 is 5.73 Å². The van der Waals surface area contributed by atoms with Crippen LogP contribution in [0.25, 0.3) is 0 Å². The Morgan fingerprint density at radius 2 is 2.19 bits per heavy atom. The van der Waals surface area contributed by atoms with Crippen LogP contribution in [0, 0.1) is 11.3 Å². The van der Waals surface area contributed by atoms with Crippen LogP contribution >= 0.6 is 0 Å². The highest BCUT2D eigenvalue weighted by Gasteiger charge is 2.51. The largest absolute Gasteiger partial charge is 0.409 e. The van der Waals surface area contributed by atoms with Crippen LogP contribution in [0.4, 0.5) is 0 Å². The minimum absolute atomic E-state index is 0.153. The number of oxime groups is 1. The van der Waals surface area contributed by atoms with Crippen LogP contribution in [0.3, 0.4) is 0 Å². The summed E-state index contributed by atoms with van der Waals surface area (Å²) in [5, 5.41) is 11.3. The number of nitrogens with two attached hydrogens (primary N) is 1. The van der Waals surface area contributed by atoms with Crippen LogP contribution in [0.1, 0.15) is 33.6 Å². The van der Waals surface area contributed by atoms with Crippen LogP contribution in [0.15, 0.2) is 5.16 Å². The molecule has 1 atom stereocenters. The Labute approximate surface area is 96.3 Å². The third-order valence-corrected chi connectivity index (χ3v) is 3.27. The Morgan fingerprint density at radius 3 is 2.56 bits per heavy atom. The van der Waals surface area contributed by atoms with E-state index < -0.39 is 0 Å². The molecule has 0 bridgehead atoms. The highest BCUT2D eigenvalue weighted by Crippen LogP contribution is 2.52. The maximum Gasteiger partial charge on any atom is 0.226 e. The molecule has 3 N–H and O–H groups in total. The van der Waals surface area contributed by atoms with Crippen molar-refractivity contribution < 1.29 is 10.0 Å². The number of carbonyl (C=O) groups is 1. The Bertz CT molecular complexity index is 300. The Morgan fingerprint density at radius 1 is 1.62 bits per heavy atom. The quantitative estimate of drug-likeness (QED) is 0.318. The third kappa shape index (κ3) is 2.87. The van der Waals surface area contributed by atoms with Crippen molar-refractivity contribution in [3.63, 3.8) is 0 Å². The molecule has 1 saturated carbocycles. The summed E-state index contributed by atoms with van der Waals surface area (Å²) >= 11 is 0. The molecular formula is C11H21N3O2. The summed E-state index contributed by atoms with van der Waals surface area (Å²) in [6, 6.07) is 0. The van der Waals surface area contributed by atoms with Crippen molar-refractivity contribution in [2.75, 3.05) is 13.1 Å². The first-order valence-electron chi connectivity index (χ1n) is 5.67. The molecule has 0 radical (unpaired) electrons. The minimum Gasteiger partial charge on any atom is -0.409 e. The van der Waals surface area contributed by atoms with E-state index in [2.05, 4.69) is 19.0 Å². The molecule has 0 heterocycles. The molecule has 1 aliphatic rings. The molecule has 0 aromatic carbocycles. The lowest BCUT2D eigenvalue weighted by Gasteiger charge is -2.21. The third-order valence-electron chi connectivity index (χ3n) is 3.27. The van der Waals surface area contributed by atoms with E-state index in [1.165, 1.54) is 0 Å². The fourth-order valence-electron chi connectivity index (χ4n) is 1.83. The molecule has 1 fully saturated rings. The molecule has 92 valence electrons. The Kier molecular flexibility index (Phi) is 3.78. The highest BCUT2D eigenvalue weighted by molar-refractivity contribution is 5.84. The topological polar surface area (TPSA) is 78.9 Å². The van der Waals surface area contributed by atoms with E-state index in [0.717, 1.165) is 6.42 Å². The van der Waals surface area contributed by atoms with Crippen molar-refractivity contribution in [3.05, 3.63) is 0 Å². The van der Waals surface area contributed by atoms with Crippen LogP contribution in [-0.4, -0.2) is 34.9 Å². The second kappa shape index (κ2) is 4.72. The van der Waals surface area contributed by atoms with Crippen LogP contribution in [-0.2, 0) is 4.79 Å². The van der Waals surface area contributed by atoms with Gasteiger partial charge in [0.25, 0.3) is 0 Å². The maximum absolute atomic E-state index is 12.0. The lowest BCUT2D eigenvalue weighted by atomic mass is 10.1. The van der Waals surface area contributed by atoms with Gasteiger partial charge in [-0.15, -0.1) is 0 Å². The van der Waals surface area contributed by atoms with Gasteiger partial charge in [-0.2, -0.15) is 0 Å². The number of amides is 1. The maximum atomic E-state index is 12.0. The number of amidine groups is 1. The van der Waals surface area contributed by atoms with Gasteiger partial charge in [0.2, 0.25) is 5.91 Å². The van der Waals surface area contributed by atoms with E-state index in [9.17, 15) is 4.79 Å². The Balaban J connectivity index is 2.46. The second-order valence-corrected chi connectivity index (χ2v) is 5.00. The summed E-state index contributed by atoms with van der Waals surface area (Å²) in [6.07, 6.45) is 1.38. The summed E-state index contributed by atoms with van der Waals surface area (Å²) in [7, 11) is 0. The van der Waals surface area contributed by atoms with Crippen molar-refractivity contribution in [3.8, 4) is 0 Å². The van der Waals surface area contributed by atoms with Crippen LogP contribution in [0.5, 0.6) is 0 Å². The molecule has 0 saturated heterocycles. The molecule has 5 nitrogen and oxygen atoms in total. The summed E-state index contributed by atoms with van der Waals surface area (Å²) in [6.45, 7) is 7.35. The summed E-state index contributed by atoms with van der Waals surface area (Å²) < 4.78 is 0. The molecule has 0 spiro atoms. The summed E-state index contributed by atoms with van der Waals surface area (Å²) in [5.74, 6) is 0.513. The number of rotatable bonds is 5. The van der Waals surface area contributed by atoms with Crippen LogP contribution in [0.2, 0.25) is 0 Å². The van der Waals surface area contributed by atoms with Crippen molar-refractivity contribution in [2.45, 2.75) is 33.6 Å². The molecule has 16 heavy (non-hydrogen) atoms. The number of nitrogens with zero attached hydrogens (tertiary/aromatic N) is 2. The molecule has 5 heteroatoms. The molecular weight excluding hydrogens is 206 g/mol. The number of hydrogen-bond donors (Lipinski definition) is 2. The van der Waals surface area contributed by atoms with Gasteiger partial charge in [-0.3, -0.25) is 4.79 Å². The van der Waals surface area contributed by atoms with Gasteiger partial charge in [0.15, 0.2) is 0 Å². The van der Waals surface area contributed by atoms with Gasteiger partial charge in [0.1, 0.15) is 5.84 Å². The predicted octanol–water partition coefficient (Wildman–Crippen LogP) is 1.02. The first-order chi connectivity index (χ1) is 7.42. The zero-order valence-electron chi connectivity index (χ0n) is 10.2. The van der Waals surface area contributed by atoms with Gasteiger partial charge in [-0.25, -0.2) is 0 Å². The van der Waals surface area contributed by atoms with E-state index in [4.69, 9.17) is 10.9 Å². The van der Waals surface area contributed by atoms with Crippen molar-refractivity contribution >= 4 is 11.7 Å². The van der Waals surface area contributed by atoms with Gasteiger partial charge in [0, 0.05) is 25.4 Å². The van der Waals surface area contributed by atoms with Crippen molar-refractivity contribution in [2.24, 2.45) is 22.2 Å². The summed E-state index contributed by atoms with van der Waals surface area (Å²) in [5.41, 5.74) is 5.54. The smallest absolute Gasteiger partial charge is 0.226 e. The number of hydrogen-bond acceptors (Lipinski definition) is 3. The average Bonchev–Trinajstić information content (AvgIpc) is 2.87. The van der Waals surface area contributed by atoms with Gasteiger partial charge in [-0.1, -0.05) is 19.0 Å². The highest BCUT2D eigenvalue weighted by atomic mass is 16.4. The fourth-order valence-corrected chi connectivity index (χ4v) is 1.83. The fraction of sp³-hybridized carbons (Fsp3) is 0.818. The standard InChI is InChI=1S/C11H21N3O2/c1-4-14(6-5-9(12)13-16)10(15)8-7-11(8,2)3/h8,16H,4-7H2,1-3H3,(H2,12,13). The SMILES string of the molecule is CCN(CCC(N)=NO)C(=O)C1CC1(C)C. The lowest BCUT2D eigenvalue weighted by molar-refractivity contribution is -0.133.